The van der Waals surface area contributed by atoms with Gasteiger partial charge < -0.3 is 5.73 Å². The first-order valence-corrected chi connectivity index (χ1v) is 4.26. The molecule has 0 bridgehead atoms. The molecule has 0 aliphatic carbocycles. The molecule has 12 heavy (non-hydrogen) atoms. The highest BCUT2D eigenvalue weighted by molar-refractivity contribution is 6.00. The van der Waals surface area contributed by atoms with Gasteiger partial charge in [0.25, 0.3) is 0 Å². The number of likely N-dealkylation sites (tertiary alicyclic amines) is 1. The second-order valence-corrected chi connectivity index (χ2v) is 3.03. The largest absolute Gasteiger partial charge is 0.320 e. The number of hydrogen-bond donors (Lipinski definition) is 1. The van der Waals surface area contributed by atoms with E-state index in [-0.39, 0.29) is 11.8 Å². The second-order valence-electron chi connectivity index (χ2n) is 3.03. The summed E-state index contributed by atoms with van der Waals surface area (Å²) in [5.74, 6) is -0.295. The number of nitrogens with two attached hydrogens (primary N) is 1. The topological polar surface area (TPSA) is 63.4 Å². The zero-order valence-electron chi connectivity index (χ0n) is 7.25. The zero-order chi connectivity index (χ0) is 9.14. The minimum Gasteiger partial charge on any atom is -0.320 e. The summed E-state index contributed by atoms with van der Waals surface area (Å²) in [5, 5.41) is 0. The molecule has 2 N–H and O–H groups in total. The molecule has 1 atom stereocenters. The van der Waals surface area contributed by atoms with Gasteiger partial charge in [-0.2, -0.15) is 0 Å². The highest BCUT2D eigenvalue weighted by atomic mass is 16.2. The number of amides is 2. The van der Waals surface area contributed by atoms with Gasteiger partial charge in [-0.3, -0.25) is 14.5 Å². The van der Waals surface area contributed by atoms with Crippen LogP contribution in [0.1, 0.15) is 26.2 Å². The maximum absolute atomic E-state index is 11.3. The molecular formula is C8H14N2O2. The Labute approximate surface area is 71.7 Å². The Hall–Kier alpha value is -0.900. The van der Waals surface area contributed by atoms with E-state index in [0.29, 0.717) is 19.4 Å². The van der Waals surface area contributed by atoms with Gasteiger partial charge in [-0.25, -0.2) is 0 Å². The van der Waals surface area contributed by atoms with Crippen LogP contribution in [0.25, 0.3) is 0 Å². The van der Waals surface area contributed by atoms with Crippen molar-refractivity contribution in [2.45, 2.75) is 32.2 Å². The quantitative estimate of drug-likeness (QED) is 0.587. The highest BCUT2D eigenvalue weighted by Crippen LogP contribution is 2.11. The van der Waals surface area contributed by atoms with Crippen LogP contribution in [0.15, 0.2) is 0 Å². The van der Waals surface area contributed by atoms with Crippen LogP contribution in [0.2, 0.25) is 0 Å². The van der Waals surface area contributed by atoms with Gasteiger partial charge >= 0.3 is 0 Å². The Bertz CT molecular complexity index is 203. The average Bonchev–Trinajstić information content (AvgIpc) is 2.06. The number of rotatable bonds is 2. The average molecular weight is 170 g/mol. The Morgan fingerprint density at radius 3 is 2.83 bits per heavy atom. The molecule has 1 saturated heterocycles. The second kappa shape index (κ2) is 3.67. The molecule has 2 amide bonds. The van der Waals surface area contributed by atoms with Gasteiger partial charge in [0, 0.05) is 13.0 Å². The van der Waals surface area contributed by atoms with Crippen molar-refractivity contribution in [2.75, 3.05) is 6.54 Å². The highest BCUT2D eigenvalue weighted by Gasteiger charge is 2.30. The molecule has 0 spiro atoms. The van der Waals surface area contributed by atoms with Gasteiger partial charge in [0.2, 0.25) is 11.8 Å². The van der Waals surface area contributed by atoms with Crippen molar-refractivity contribution in [1.29, 1.82) is 0 Å². The minimum atomic E-state index is -0.464. The third-order valence-electron chi connectivity index (χ3n) is 2.00. The smallest absolute Gasteiger partial charge is 0.246 e. The van der Waals surface area contributed by atoms with Crippen molar-refractivity contribution >= 4 is 11.8 Å². The normalized spacial score (nSPS) is 24.8. The summed E-state index contributed by atoms with van der Waals surface area (Å²) in [4.78, 5) is 23.8. The lowest BCUT2D eigenvalue weighted by molar-refractivity contribution is -0.149. The number of carbonyl (C=O) groups excluding carboxylic acids is 2. The van der Waals surface area contributed by atoms with Crippen LogP contribution in [-0.4, -0.2) is 29.3 Å². The maximum Gasteiger partial charge on any atom is 0.246 e. The summed E-state index contributed by atoms with van der Waals surface area (Å²) in [6, 6.07) is -0.464. The fraction of sp³-hybridized carbons (Fsp3) is 0.750. The lowest BCUT2D eigenvalue weighted by atomic mass is 10.1. The van der Waals surface area contributed by atoms with Gasteiger partial charge in [0.15, 0.2) is 0 Å². The number of hydrogen-bond acceptors (Lipinski definition) is 3. The molecule has 1 fully saturated rings. The van der Waals surface area contributed by atoms with Gasteiger partial charge in [-0.1, -0.05) is 6.92 Å². The van der Waals surface area contributed by atoms with Crippen LogP contribution in [0.5, 0.6) is 0 Å². The van der Waals surface area contributed by atoms with Crippen LogP contribution >= 0.6 is 0 Å². The van der Waals surface area contributed by atoms with Gasteiger partial charge in [0.05, 0.1) is 6.04 Å². The van der Waals surface area contributed by atoms with E-state index in [2.05, 4.69) is 0 Å². The van der Waals surface area contributed by atoms with Crippen LogP contribution in [0.4, 0.5) is 0 Å². The molecule has 0 radical (unpaired) electrons. The van der Waals surface area contributed by atoms with Gasteiger partial charge in [0.1, 0.15) is 0 Å². The molecule has 1 rings (SSSR count). The number of piperidine rings is 1. The monoisotopic (exact) mass is 170 g/mol. The third kappa shape index (κ3) is 1.64. The fourth-order valence-corrected chi connectivity index (χ4v) is 1.32. The van der Waals surface area contributed by atoms with Crippen molar-refractivity contribution in [2.24, 2.45) is 5.73 Å². The third-order valence-corrected chi connectivity index (χ3v) is 2.00. The number of imide groups is 1. The molecule has 1 aliphatic rings. The first kappa shape index (κ1) is 9.19. The van der Waals surface area contributed by atoms with Crippen molar-refractivity contribution in [3.63, 3.8) is 0 Å². The van der Waals surface area contributed by atoms with Crippen LogP contribution < -0.4 is 5.73 Å². The van der Waals surface area contributed by atoms with E-state index in [4.69, 9.17) is 5.73 Å². The molecule has 68 valence electrons. The van der Waals surface area contributed by atoms with Gasteiger partial charge in [-0.05, 0) is 12.8 Å². The van der Waals surface area contributed by atoms with Crippen molar-refractivity contribution in [3.05, 3.63) is 0 Å². The maximum atomic E-state index is 11.3. The molecule has 0 aromatic carbocycles. The molecule has 4 heteroatoms. The Morgan fingerprint density at radius 2 is 2.25 bits per heavy atom. The SMILES string of the molecule is CCCN1C(=O)CCC(N)C1=O. The van der Waals surface area contributed by atoms with Crippen molar-refractivity contribution in [3.8, 4) is 0 Å². The molecule has 4 nitrogen and oxygen atoms in total. The number of nitrogens with zero attached hydrogens (tertiary/aromatic N) is 1. The molecular weight excluding hydrogens is 156 g/mol. The molecule has 0 saturated carbocycles. The molecule has 0 aromatic rings. The van der Waals surface area contributed by atoms with E-state index in [1.807, 2.05) is 6.92 Å². The number of carbonyl (C=O) groups is 2. The van der Waals surface area contributed by atoms with E-state index in [9.17, 15) is 9.59 Å². The molecule has 0 aromatic heterocycles. The van der Waals surface area contributed by atoms with E-state index in [1.54, 1.807) is 0 Å². The first-order valence-electron chi connectivity index (χ1n) is 4.26. The van der Waals surface area contributed by atoms with E-state index in [0.717, 1.165) is 6.42 Å². The predicted octanol–water partition coefficient (Wildman–Crippen LogP) is -0.127. The van der Waals surface area contributed by atoms with E-state index >= 15 is 0 Å². The van der Waals surface area contributed by atoms with E-state index in [1.165, 1.54) is 4.90 Å². The summed E-state index contributed by atoms with van der Waals surface area (Å²) in [6.07, 6.45) is 1.70. The van der Waals surface area contributed by atoms with Crippen LogP contribution in [0, 0.1) is 0 Å². The zero-order valence-corrected chi connectivity index (χ0v) is 7.25. The van der Waals surface area contributed by atoms with Gasteiger partial charge in [-0.15, -0.1) is 0 Å². The predicted molar refractivity (Wildman–Crippen MR) is 44.2 cm³/mol. The minimum absolute atomic E-state index is 0.0800. The van der Waals surface area contributed by atoms with Crippen LogP contribution in [-0.2, 0) is 9.59 Å². The lowest BCUT2D eigenvalue weighted by Gasteiger charge is -2.28. The van der Waals surface area contributed by atoms with E-state index < -0.39 is 6.04 Å². The Morgan fingerprint density at radius 1 is 1.58 bits per heavy atom. The Kier molecular flexibility index (Phi) is 2.81. The molecule has 1 unspecified atom stereocenters. The summed E-state index contributed by atoms with van der Waals surface area (Å²) in [6.45, 7) is 2.44. The van der Waals surface area contributed by atoms with Crippen molar-refractivity contribution < 1.29 is 9.59 Å². The fourth-order valence-electron chi connectivity index (χ4n) is 1.32. The van der Waals surface area contributed by atoms with Crippen molar-refractivity contribution in [1.82, 2.24) is 4.90 Å². The lowest BCUT2D eigenvalue weighted by Crippen LogP contribution is -2.51. The standard InChI is InChI=1S/C8H14N2O2/c1-2-5-10-7(11)4-3-6(9)8(10)12/h6H,2-5,9H2,1H3. The summed E-state index contributed by atoms with van der Waals surface area (Å²) >= 11 is 0. The Balaban J connectivity index is 2.65. The molecule has 1 aliphatic heterocycles. The summed E-state index contributed by atoms with van der Waals surface area (Å²) < 4.78 is 0. The summed E-state index contributed by atoms with van der Waals surface area (Å²) in [5.41, 5.74) is 5.52. The molecule has 1 heterocycles. The van der Waals surface area contributed by atoms with Crippen LogP contribution in [0.3, 0.4) is 0 Å². The first-order chi connectivity index (χ1) is 5.66. The summed E-state index contributed by atoms with van der Waals surface area (Å²) in [7, 11) is 0.